The molecule has 1 atom stereocenters. The van der Waals surface area contributed by atoms with Crippen LogP contribution in [0.3, 0.4) is 0 Å². The smallest absolute Gasteiger partial charge is 0.390 e. The molecule has 6 heteroatoms. The van der Waals surface area contributed by atoms with Crippen molar-refractivity contribution in [2.45, 2.75) is 38.0 Å². The fourth-order valence-electron chi connectivity index (χ4n) is 1.94. The fourth-order valence-corrected chi connectivity index (χ4v) is 1.94. The zero-order chi connectivity index (χ0) is 12.9. The highest BCUT2D eigenvalue weighted by atomic mass is 19.4. The molecular weight excluding hydrogens is 235 g/mol. The van der Waals surface area contributed by atoms with Gasteiger partial charge in [0.1, 0.15) is 0 Å². The number of aliphatic hydroxyl groups excluding tert-OH is 2. The molecule has 17 heavy (non-hydrogen) atoms. The van der Waals surface area contributed by atoms with Crippen molar-refractivity contribution in [3.05, 3.63) is 0 Å². The Hall–Kier alpha value is -0.330. The molecule has 0 aliphatic heterocycles. The summed E-state index contributed by atoms with van der Waals surface area (Å²) < 4.78 is 36.4. The highest BCUT2D eigenvalue weighted by molar-refractivity contribution is 4.76. The monoisotopic (exact) mass is 255 g/mol. The molecule has 1 aliphatic rings. The van der Waals surface area contributed by atoms with Gasteiger partial charge in [-0.25, -0.2) is 0 Å². The van der Waals surface area contributed by atoms with Crippen molar-refractivity contribution in [1.29, 1.82) is 0 Å². The van der Waals surface area contributed by atoms with E-state index in [9.17, 15) is 18.3 Å². The van der Waals surface area contributed by atoms with E-state index in [2.05, 4.69) is 0 Å². The third-order valence-corrected chi connectivity index (χ3v) is 3.13. The number of halogens is 3. The summed E-state index contributed by atoms with van der Waals surface area (Å²) in [6.07, 6.45) is -2.74. The Morgan fingerprint density at radius 2 is 1.94 bits per heavy atom. The summed E-state index contributed by atoms with van der Waals surface area (Å²) in [6.45, 7) is 0.195. The lowest BCUT2D eigenvalue weighted by Gasteiger charge is -2.33. The Morgan fingerprint density at radius 1 is 1.29 bits per heavy atom. The molecule has 2 N–H and O–H groups in total. The minimum atomic E-state index is -4.16. The molecule has 0 unspecified atom stereocenters. The Bertz CT molecular complexity index is 212. The Labute approximate surface area is 99.2 Å². The number of alkyl halides is 3. The Balaban J connectivity index is 2.34. The normalized spacial score (nSPS) is 19.4. The number of aliphatic hydroxyl groups is 2. The zero-order valence-electron chi connectivity index (χ0n) is 9.79. The van der Waals surface area contributed by atoms with Crippen molar-refractivity contribution in [2.75, 3.05) is 26.2 Å². The largest absolute Gasteiger partial charge is 0.394 e. The maximum atomic E-state index is 12.1. The summed E-state index contributed by atoms with van der Waals surface area (Å²) in [5.74, 6) is 0.453. The predicted molar refractivity (Wildman–Crippen MR) is 57.5 cm³/mol. The molecule has 1 rings (SSSR count). The molecule has 0 radical (unpaired) electrons. The lowest BCUT2D eigenvalue weighted by molar-refractivity contribution is -0.139. The van der Waals surface area contributed by atoms with Crippen LogP contribution in [0.1, 0.15) is 25.7 Å². The fraction of sp³-hybridized carbons (Fsp3) is 1.00. The SMILES string of the molecule is OC[C@@H](O)CN(CCC(F)(F)F)CC1CCC1. The van der Waals surface area contributed by atoms with Gasteiger partial charge in [-0.3, -0.25) is 0 Å². The molecule has 0 amide bonds. The van der Waals surface area contributed by atoms with Crippen LogP contribution in [0.15, 0.2) is 0 Å². The second-order valence-electron chi connectivity index (χ2n) is 4.76. The lowest BCUT2D eigenvalue weighted by Crippen LogP contribution is -2.40. The van der Waals surface area contributed by atoms with Gasteiger partial charge >= 0.3 is 6.18 Å². The number of hydrogen-bond acceptors (Lipinski definition) is 3. The molecule has 0 aromatic rings. The summed E-state index contributed by atoms with van der Waals surface area (Å²) in [6, 6.07) is 0. The molecule has 1 fully saturated rings. The number of nitrogens with zero attached hydrogens (tertiary/aromatic N) is 1. The topological polar surface area (TPSA) is 43.7 Å². The molecule has 0 spiro atoms. The average molecular weight is 255 g/mol. The first-order valence-corrected chi connectivity index (χ1v) is 5.98. The summed E-state index contributed by atoms with van der Waals surface area (Å²) in [7, 11) is 0. The molecule has 0 bridgehead atoms. The maximum Gasteiger partial charge on any atom is 0.390 e. The van der Waals surface area contributed by atoms with Crippen molar-refractivity contribution >= 4 is 0 Å². The van der Waals surface area contributed by atoms with E-state index in [1.54, 1.807) is 4.90 Å². The molecular formula is C11H20F3NO2. The van der Waals surface area contributed by atoms with E-state index < -0.39 is 25.3 Å². The van der Waals surface area contributed by atoms with E-state index in [0.29, 0.717) is 12.5 Å². The molecule has 1 aliphatic carbocycles. The van der Waals surface area contributed by atoms with Crippen LogP contribution < -0.4 is 0 Å². The van der Waals surface area contributed by atoms with Crippen molar-refractivity contribution in [3.8, 4) is 0 Å². The van der Waals surface area contributed by atoms with Gasteiger partial charge in [0.05, 0.1) is 19.1 Å². The van der Waals surface area contributed by atoms with Gasteiger partial charge in [0.2, 0.25) is 0 Å². The molecule has 1 saturated carbocycles. The van der Waals surface area contributed by atoms with E-state index in [1.165, 1.54) is 0 Å². The molecule has 0 aromatic heterocycles. The van der Waals surface area contributed by atoms with Gasteiger partial charge in [0.25, 0.3) is 0 Å². The van der Waals surface area contributed by atoms with Crippen LogP contribution in [-0.2, 0) is 0 Å². The van der Waals surface area contributed by atoms with Gasteiger partial charge in [0.15, 0.2) is 0 Å². The van der Waals surface area contributed by atoms with Crippen LogP contribution in [0.4, 0.5) is 13.2 Å². The Morgan fingerprint density at radius 3 is 2.35 bits per heavy atom. The summed E-state index contributed by atoms with van der Waals surface area (Å²) in [4.78, 5) is 1.61. The molecule has 102 valence electrons. The van der Waals surface area contributed by atoms with Crippen LogP contribution in [0.5, 0.6) is 0 Å². The van der Waals surface area contributed by atoms with Crippen molar-refractivity contribution < 1.29 is 23.4 Å². The molecule has 0 saturated heterocycles. The Kier molecular flexibility index (Phi) is 5.69. The van der Waals surface area contributed by atoms with Crippen LogP contribution in [0.25, 0.3) is 0 Å². The van der Waals surface area contributed by atoms with E-state index in [1.807, 2.05) is 0 Å². The zero-order valence-corrected chi connectivity index (χ0v) is 9.79. The highest BCUT2D eigenvalue weighted by Gasteiger charge is 2.29. The van der Waals surface area contributed by atoms with Gasteiger partial charge < -0.3 is 15.1 Å². The van der Waals surface area contributed by atoms with Crippen LogP contribution in [-0.4, -0.2) is 53.6 Å². The van der Waals surface area contributed by atoms with Gasteiger partial charge in [-0.05, 0) is 18.8 Å². The predicted octanol–water partition coefficient (Wildman–Crippen LogP) is 1.39. The van der Waals surface area contributed by atoms with Crippen molar-refractivity contribution in [1.82, 2.24) is 4.90 Å². The lowest BCUT2D eigenvalue weighted by atomic mass is 9.85. The van der Waals surface area contributed by atoms with E-state index in [0.717, 1.165) is 19.3 Å². The van der Waals surface area contributed by atoms with Gasteiger partial charge in [-0.1, -0.05) is 6.42 Å². The maximum absolute atomic E-state index is 12.1. The van der Waals surface area contributed by atoms with Crippen LogP contribution >= 0.6 is 0 Å². The molecule has 0 aromatic carbocycles. The summed E-state index contributed by atoms with van der Waals surface area (Å²) in [5, 5.41) is 18.0. The van der Waals surface area contributed by atoms with Gasteiger partial charge in [-0.2, -0.15) is 13.2 Å². The first kappa shape index (κ1) is 14.7. The minimum absolute atomic E-state index is 0.100. The number of hydrogen-bond donors (Lipinski definition) is 2. The quantitative estimate of drug-likeness (QED) is 0.722. The van der Waals surface area contributed by atoms with E-state index in [4.69, 9.17) is 5.11 Å². The van der Waals surface area contributed by atoms with Crippen LogP contribution in [0, 0.1) is 5.92 Å². The highest BCUT2D eigenvalue weighted by Crippen LogP contribution is 2.28. The van der Waals surface area contributed by atoms with Crippen molar-refractivity contribution in [3.63, 3.8) is 0 Å². The summed E-state index contributed by atoms with van der Waals surface area (Å²) >= 11 is 0. The van der Waals surface area contributed by atoms with Gasteiger partial charge in [-0.15, -0.1) is 0 Å². The van der Waals surface area contributed by atoms with Crippen molar-refractivity contribution in [2.24, 2.45) is 5.92 Å². The third-order valence-electron chi connectivity index (χ3n) is 3.13. The third kappa shape index (κ3) is 6.24. The first-order valence-electron chi connectivity index (χ1n) is 5.98. The molecule has 0 heterocycles. The second kappa shape index (κ2) is 6.56. The van der Waals surface area contributed by atoms with E-state index in [-0.39, 0.29) is 13.1 Å². The standard InChI is InChI=1S/C11H20F3NO2/c12-11(13,14)4-5-15(7-10(17)8-16)6-9-2-1-3-9/h9-10,16-17H,1-8H2/t10-/m0/s1. The van der Waals surface area contributed by atoms with Gasteiger partial charge in [0, 0.05) is 19.6 Å². The first-order chi connectivity index (χ1) is 7.90. The molecule has 3 nitrogen and oxygen atoms in total. The summed E-state index contributed by atoms with van der Waals surface area (Å²) in [5.41, 5.74) is 0. The van der Waals surface area contributed by atoms with E-state index >= 15 is 0 Å². The van der Waals surface area contributed by atoms with Crippen LogP contribution in [0.2, 0.25) is 0 Å². The minimum Gasteiger partial charge on any atom is -0.394 e. The number of rotatable bonds is 7. The average Bonchev–Trinajstić information content (AvgIpc) is 2.17. The second-order valence-corrected chi connectivity index (χ2v) is 4.76.